The lowest BCUT2D eigenvalue weighted by molar-refractivity contribution is 0.213. The monoisotopic (exact) mass is 308 g/mol. The summed E-state index contributed by atoms with van der Waals surface area (Å²) in [4.78, 5) is 0. The summed E-state index contributed by atoms with van der Waals surface area (Å²) in [7, 11) is 0. The highest BCUT2D eigenvalue weighted by Crippen LogP contribution is 2.60. The quantitative estimate of drug-likeness (QED) is 0.528. The predicted molar refractivity (Wildman–Crippen MR) is 97.4 cm³/mol. The average Bonchev–Trinajstić information content (AvgIpc) is 2.66. The molecule has 116 valence electrons. The second-order valence-electron chi connectivity index (χ2n) is 7.72. The smallest absolute Gasteiger partial charge is 0.0130 e. The fraction of sp³-hybridized carbons (Fsp3) is 0.250. The first-order valence-electron chi connectivity index (χ1n) is 9.16. The van der Waals surface area contributed by atoms with Gasteiger partial charge in [0.15, 0.2) is 0 Å². The Bertz CT molecular complexity index is 827. The van der Waals surface area contributed by atoms with Crippen molar-refractivity contribution in [1.29, 1.82) is 0 Å². The molecule has 0 aromatic heterocycles. The number of benzene rings is 3. The zero-order valence-corrected chi connectivity index (χ0v) is 13.7. The molecular weight excluding hydrogens is 288 g/mol. The molecular formula is C24H20. The molecule has 7 rings (SSSR count). The fourth-order valence-corrected chi connectivity index (χ4v) is 5.91. The number of hydrogen-bond acceptors (Lipinski definition) is 0. The van der Waals surface area contributed by atoms with Gasteiger partial charge in [0, 0.05) is 11.8 Å². The average molecular weight is 308 g/mol. The van der Waals surface area contributed by atoms with E-state index >= 15 is 0 Å². The molecule has 0 saturated heterocycles. The van der Waals surface area contributed by atoms with E-state index in [9.17, 15) is 0 Å². The highest BCUT2D eigenvalue weighted by molar-refractivity contribution is 5.57. The minimum absolute atomic E-state index is 0.584. The second-order valence-corrected chi connectivity index (χ2v) is 7.72. The van der Waals surface area contributed by atoms with Crippen LogP contribution in [-0.2, 0) is 12.8 Å². The molecule has 0 aliphatic heterocycles. The van der Waals surface area contributed by atoms with Crippen molar-refractivity contribution in [3.05, 3.63) is 106 Å². The summed E-state index contributed by atoms with van der Waals surface area (Å²) in [6, 6.07) is 27.6. The van der Waals surface area contributed by atoms with Gasteiger partial charge in [0.1, 0.15) is 0 Å². The number of fused-ring (bicyclic) bond motifs is 1. The van der Waals surface area contributed by atoms with Crippen LogP contribution >= 0.6 is 0 Å². The van der Waals surface area contributed by atoms with E-state index in [0.29, 0.717) is 11.8 Å². The topological polar surface area (TPSA) is 0 Å². The molecule has 0 radical (unpaired) electrons. The van der Waals surface area contributed by atoms with Crippen molar-refractivity contribution in [3.63, 3.8) is 0 Å². The van der Waals surface area contributed by atoms with Gasteiger partial charge in [-0.2, -0.15) is 0 Å². The van der Waals surface area contributed by atoms with E-state index < -0.39 is 0 Å². The Labute approximate surface area is 143 Å². The number of rotatable bonds is 0. The maximum Gasteiger partial charge on any atom is 0.0130 e. The van der Waals surface area contributed by atoms with Crippen molar-refractivity contribution in [2.45, 2.75) is 24.7 Å². The molecule has 4 aliphatic rings. The van der Waals surface area contributed by atoms with Crippen molar-refractivity contribution < 1.29 is 0 Å². The van der Waals surface area contributed by atoms with Crippen LogP contribution in [0.3, 0.4) is 0 Å². The van der Waals surface area contributed by atoms with Gasteiger partial charge in [-0.15, -0.1) is 0 Å². The van der Waals surface area contributed by atoms with Crippen LogP contribution < -0.4 is 0 Å². The Balaban J connectivity index is 1.61. The molecule has 0 nitrogen and oxygen atoms in total. The molecule has 0 N–H and O–H groups in total. The van der Waals surface area contributed by atoms with Gasteiger partial charge in [-0.25, -0.2) is 0 Å². The maximum absolute atomic E-state index is 2.39. The van der Waals surface area contributed by atoms with Gasteiger partial charge in [-0.1, -0.05) is 72.8 Å². The predicted octanol–water partition coefficient (Wildman–Crippen LogP) is 5.31. The van der Waals surface area contributed by atoms with Crippen LogP contribution in [0.2, 0.25) is 0 Å². The van der Waals surface area contributed by atoms with Crippen molar-refractivity contribution in [3.8, 4) is 0 Å². The summed E-state index contributed by atoms with van der Waals surface area (Å²) in [5.41, 5.74) is 9.56. The first kappa shape index (κ1) is 13.0. The SMILES string of the molecule is c1ccc2c(c1)C[C@@H]1C3c4ccccc4C(c4ccccc43)[C@@H]1C2. The molecule has 24 heavy (non-hydrogen) atoms. The van der Waals surface area contributed by atoms with E-state index in [1.807, 2.05) is 0 Å². The van der Waals surface area contributed by atoms with Gasteiger partial charge in [-0.05, 0) is 58.1 Å². The molecule has 0 heteroatoms. The minimum atomic E-state index is 0.584. The molecule has 0 heterocycles. The summed E-state index contributed by atoms with van der Waals surface area (Å²) < 4.78 is 0. The summed E-state index contributed by atoms with van der Waals surface area (Å²) in [6.45, 7) is 0. The van der Waals surface area contributed by atoms with Crippen LogP contribution in [0.15, 0.2) is 72.8 Å². The molecule has 3 aromatic carbocycles. The van der Waals surface area contributed by atoms with Crippen LogP contribution in [0.1, 0.15) is 45.2 Å². The van der Waals surface area contributed by atoms with Crippen LogP contribution in [0, 0.1) is 11.8 Å². The molecule has 0 saturated carbocycles. The summed E-state index contributed by atoms with van der Waals surface area (Å²) in [6.07, 6.45) is 2.48. The molecule has 3 aromatic rings. The molecule has 0 unspecified atom stereocenters. The van der Waals surface area contributed by atoms with E-state index in [1.165, 1.54) is 12.8 Å². The molecule has 0 fully saturated rings. The van der Waals surface area contributed by atoms with Gasteiger partial charge >= 0.3 is 0 Å². The molecule has 4 aliphatic carbocycles. The van der Waals surface area contributed by atoms with E-state index in [0.717, 1.165) is 11.8 Å². The minimum Gasteiger partial charge on any atom is -0.0620 e. The third-order valence-corrected chi connectivity index (χ3v) is 6.77. The van der Waals surface area contributed by atoms with E-state index in [4.69, 9.17) is 0 Å². The van der Waals surface area contributed by atoms with Crippen LogP contribution in [-0.4, -0.2) is 0 Å². The Morgan fingerprint density at radius 3 is 1.17 bits per heavy atom. The summed E-state index contributed by atoms with van der Waals surface area (Å²) >= 11 is 0. The first-order chi connectivity index (χ1) is 11.9. The summed E-state index contributed by atoms with van der Waals surface area (Å²) in [5.74, 6) is 2.69. The lowest BCUT2D eigenvalue weighted by Gasteiger charge is -2.53. The lowest BCUT2D eigenvalue weighted by atomic mass is 9.50. The maximum atomic E-state index is 2.39. The van der Waals surface area contributed by atoms with E-state index in [1.54, 1.807) is 33.4 Å². The van der Waals surface area contributed by atoms with Gasteiger partial charge < -0.3 is 0 Å². The highest BCUT2D eigenvalue weighted by atomic mass is 14.5. The molecule has 2 atom stereocenters. The second kappa shape index (κ2) is 4.60. The Morgan fingerprint density at radius 2 is 0.792 bits per heavy atom. The third kappa shape index (κ3) is 1.54. The molecule has 2 bridgehead atoms. The third-order valence-electron chi connectivity index (χ3n) is 6.77. The lowest BCUT2D eigenvalue weighted by Crippen LogP contribution is -2.43. The van der Waals surface area contributed by atoms with Gasteiger partial charge in [0.25, 0.3) is 0 Å². The van der Waals surface area contributed by atoms with Gasteiger partial charge in [0.2, 0.25) is 0 Å². The first-order valence-corrected chi connectivity index (χ1v) is 9.16. The standard InChI is InChI=1S/C24H20/c1-2-8-16-14-22-21(13-15(16)7-1)23-17-9-3-5-11-19(17)24(22)20-12-6-4-10-18(20)23/h1-12,21-24H,13-14H2/t21-,22+,23?,24?. The van der Waals surface area contributed by atoms with Crippen molar-refractivity contribution in [2.75, 3.05) is 0 Å². The van der Waals surface area contributed by atoms with Crippen LogP contribution in [0.4, 0.5) is 0 Å². The zero-order chi connectivity index (χ0) is 15.7. The van der Waals surface area contributed by atoms with Gasteiger partial charge in [0.05, 0.1) is 0 Å². The zero-order valence-electron chi connectivity index (χ0n) is 13.7. The van der Waals surface area contributed by atoms with E-state index in [-0.39, 0.29) is 0 Å². The van der Waals surface area contributed by atoms with Crippen molar-refractivity contribution in [1.82, 2.24) is 0 Å². The Hall–Kier alpha value is -2.34. The van der Waals surface area contributed by atoms with Gasteiger partial charge in [-0.3, -0.25) is 0 Å². The Morgan fingerprint density at radius 1 is 0.458 bits per heavy atom. The van der Waals surface area contributed by atoms with Crippen LogP contribution in [0.25, 0.3) is 0 Å². The molecule has 0 amide bonds. The van der Waals surface area contributed by atoms with Crippen molar-refractivity contribution >= 4 is 0 Å². The highest BCUT2D eigenvalue weighted by Gasteiger charge is 2.50. The largest absolute Gasteiger partial charge is 0.0620 e. The van der Waals surface area contributed by atoms with E-state index in [2.05, 4.69) is 72.8 Å². The fourth-order valence-electron chi connectivity index (χ4n) is 5.91. The number of hydrogen-bond donors (Lipinski definition) is 0. The molecule has 0 spiro atoms. The van der Waals surface area contributed by atoms with Crippen molar-refractivity contribution in [2.24, 2.45) is 11.8 Å². The van der Waals surface area contributed by atoms with Crippen LogP contribution in [0.5, 0.6) is 0 Å². The normalized spacial score (nSPS) is 28.5. The Kier molecular flexibility index (Phi) is 2.49. The summed E-state index contributed by atoms with van der Waals surface area (Å²) in [5, 5.41) is 0.